The van der Waals surface area contributed by atoms with Crippen LogP contribution in [0.4, 0.5) is 0 Å². The predicted molar refractivity (Wildman–Crippen MR) is 108 cm³/mol. The number of carbonyl (C=O) groups is 1. The average molecular weight is 398 g/mol. The zero-order valence-corrected chi connectivity index (χ0v) is 16.4. The van der Waals surface area contributed by atoms with Crippen molar-refractivity contribution in [2.45, 2.75) is 36.6 Å². The molecule has 0 bridgehead atoms. The maximum atomic E-state index is 12.7. The van der Waals surface area contributed by atoms with Crippen molar-refractivity contribution in [3.63, 3.8) is 0 Å². The second-order valence-electron chi connectivity index (χ2n) is 7.15. The lowest BCUT2D eigenvalue weighted by atomic mass is 10.0. The van der Waals surface area contributed by atoms with Gasteiger partial charge in [-0.1, -0.05) is 42.5 Å². The second kappa shape index (κ2) is 7.75. The van der Waals surface area contributed by atoms with Gasteiger partial charge >= 0.3 is 0 Å². The summed E-state index contributed by atoms with van der Waals surface area (Å²) in [5, 5.41) is 0. The Bertz CT molecular complexity index is 1000. The van der Waals surface area contributed by atoms with Crippen LogP contribution in [0.5, 0.6) is 0 Å². The fourth-order valence-corrected chi connectivity index (χ4v) is 5.17. The Balaban J connectivity index is 1.39. The number of rotatable bonds is 5. The lowest BCUT2D eigenvalue weighted by Crippen LogP contribution is -2.37. The summed E-state index contributed by atoms with van der Waals surface area (Å²) in [5.41, 5.74) is 1.81. The van der Waals surface area contributed by atoms with E-state index in [1.807, 2.05) is 23.1 Å². The monoisotopic (exact) mass is 397 g/mol. The lowest BCUT2D eigenvalue weighted by Gasteiger charge is -2.24. The Labute approximate surface area is 165 Å². The van der Waals surface area contributed by atoms with E-state index in [0.717, 1.165) is 25.8 Å². The van der Waals surface area contributed by atoms with E-state index in [0.29, 0.717) is 11.4 Å². The van der Waals surface area contributed by atoms with Crippen LogP contribution in [-0.2, 0) is 21.2 Å². The van der Waals surface area contributed by atoms with Gasteiger partial charge in [-0.05, 0) is 37.0 Å². The molecule has 4 rings (SSSR count). The highest BCUT2D eigenvalue weighted by molar-refractivity contribution is 7.90. The SMILES string of the molecule is O=C(CCN=C1NS(=O)(=O)c2ccccc21)N1CCCC1Cc1ccccc1. The summed E-state index contributed by atoms with van der Waals surface area (Å²) in [6.45, 7) is 1.04. The van der Waals surface area contributed by atoms with Crippen LogP contribution in [-0.4, -0.2) is 44.2 Å². The molecule has 2 aliphatic heterocycles. The van der Waals surface area contributed by atoms with Gasteiger partial charge in [-0.2, -0.15) is 0 Å². The number of aliphatic imine (C=N–C) groups is 1. The molecule has 2 aromatic carbocycles. The third-order valence-corrected chi connectivity index (χ3v) is 6.67. The second-order valence-corrected chi connectivity index (χ2v) is 8.81. The van der Waals surface area contributed by atoms with E-state index in [1.165, 1.54) is 5.56 Å². The number of hydrogen-bond acceptors (Lipinski definition) is 4. The minimum Gasteiger partial charge on any atom is -0.339 e. The molecule has 0 aromatic heterocycles. The van der Waals surface area contributed by atoms with E-state index in [9.17, 15) is 13.2 Å². The molecule has 1 saturated heterocycles. The average Bonchev–Trinajstić information content (AvgIpc) is 3.25. The summed E-state index contributed by atoms with van der Waals surface area (Å²) in [6.07, 6.45) is 3.18. The van der Waals surface area contributed by atoms with Gasteiger partial charge in [0.1, 0.15) is 5.84 Å². The maximum absolute atomic E-state index is 12.7. The third-order valence-electron chi connectivity index (χ3n) is 5.27. The van der Waals surface area contributed by atoms with Crippen LogP contribution < -0.4 is 4.72 Å². The first-order valence-electron chi connectivity index (χ1n) is 9.55. The fourth-order valence-electron chi connectivity index (χ4n) is 3.92. The van der Waals surface area contributed by atoms with Gasteiger partial charge < -0.3 is 4.90 Å². The quantitative estimate of drug-likeness (QED) is 0.841. The highest BCUT2D eigenvalue weighted by atomic mass is 32.2. The van der Waals surface area contributed by atoms with E-state index >= 15 is 0 Å². The summed E-state index contributed by atoms with van der Waals surface area (Å²) < 4.78 is 26.7. The molecular formula is C21H23N3O3S. The maximum Gasteiger partial charge on any atom is 0.263 e. The summed E-state index contributed by atoms with van der Waals surface area (Å²) in [6, 6.07) is 17.2. The number of likely N-dealkylation sites (tertiary alicyclic amines) is 1. The first-order valence-corrected chi connectivity index (χ1v) is 11.0. The normalized spacial score (nSPS) is 21.5. The molecule has 1 N–H and O–H groups in total. The molecule has 0 spiro atoms. The molecule has 0 saturated carbocycles. The molecule has 6 nitrogen and oxygen atoms in total. The van der Waals surface area contributed by atoms with Crippen molar-refractivity contribution in [2.75, 3.05) is 13.1 Å². The van der Waals surface area contributed by atoms with Gasteiger partial charge in [0.05, 0.1) is 11.4 Å². The van der Waals surface area contributed by atoms with Gasteiger partial charge in [-0.15, -0.1) is 0 Å². The van der Waals surface area contributed by atoms with Crippen LogP contribution in [0.2, 0.25) is 0 Å². The Morgan fingerprint density at radius 1 is 1.11 bits per heavy atom. The molecule has 1 atom stereocenters. The minimum atomic E-state index is -3.54. The summed E-state index contributed by atoms with van der Waals surface area (Å²) in [7, 11) is -3.54. The topological polar surface area (TPSA) is 78.8 Å². The molecule has 2 heterocycles. The summed E-state index contributed by atoms with van der Waals surface area (Å²) >= 11 is 0. The highest BCUT2D eigenvalue weighted by Crippen LogP contribution is 2.23. The predicted octanol–water partition coefficient (Wildman–Crippen LogP) is 2.35. The Morgan fingerprint density at radius 3 is 2.68 bits per heavy atom. The van der Waals surface area contributed by atoms with Crippen molar-refractivity contribution in [3.05, 3.63) is 65.7 Å². The van der Waals surface area contributed by atoms with Gasteiger partial charge in [-0.3, -0.25) is 14.5 Å². The number of carbonyl (C=O) groups excluding carboxylic acids is 1. The standard InChI is InChI=1S/C21H23N3O3S/c25-20(24-14-6-9-17(24)15-16-7-2-1-3-8-16)12-13-22-21-18-10-4-5-11-19(18)28(26,27)23-21/h1-5,7-8,10-11,17H,6,9,12-15H2,(H,22,23). The number of nitrogens with zero attached hydrogens (tertiary/aromatic N) is 2. The third kappa shape index (κ3) is 3.80. The number of amidine groups is 1. The van der Waals surface area contributed by atoms with Gasteiger partial charge in [0.2, 0.25) is 5.91 Å². The first-order chi connectivity index (χ1) is 13.5. The number of nitrogens with one attached hydrogen (secondary N) is 1. The smallest absolute Gasteiger partial charge is 0.263 e. The van der Waals surface area contributed by atoms with Crippen LogP contribution in [0.1, 0.15) is 30.4 Å². The van der Waals surface area contributed by atoms with Gasteiger partial charge in [0.15, 0.2) is 0 Å². The molecular weight excluding hydrogens is 374 g/mol. The number of sulfonamides is 1. The first kappa shape index (κ1) is 18.7. The van der Waals surface area contributed by atoms with Crippen molar-refractivity contribution in [2.24, 2.45) is 4.99 Å². The molecule has 1 amide bonds. The Morgan fingerprint density at radius 2 is 1.86 bits per heavy atom. The Kier molecular flexibility index (Phi) is 5.17. The molecule has 1 fully saturated rings. The fraction of sp³-hybridized carbons (Fsp3) is 0.333. The van der Waals surface area contributed by atoms with Crippen LogP contribution in [0.3, 0.4) is 0 Å². The lowest BCUT2D eigenvalue weighted by molar-refractivity contribution is -0.131. The van der Waals surface area contributed by atoms with Gasteiger partial charge in [0, 0.05) is 24.6 Å². The van der Waals surface area contributed by atoms with Gasteiger partial charge in [-0.25, -0.2) is 8.42 Å². The van der Waals surface area contributed by atoms with Gasteiger partial charge in [0.25, 0.3) is 10.0 Å². The molecule has 1 unspecified atom stereocenters. The number of amides is 1. The number of fused-ring (bicyclic) bond motifs is 1. The summed E-state index contributed by atoms with van der Waals surface area (Å²) in [4.78, 5) is 19.3. The zero-order valence-electron chi connectivity index (χ0n) is 15.5. The molecule has 28 heavy (non-hydrogen) atoms. The molecule has 0 radical (unpaired) electrons. The van der Waals surface area contributed by atoms with Crippen LogP contribution >= 0.6 is 0 Å². The summed E-state index contributed by atoms with van der Waals surface area (Å²) in [5.74, 6) is 0.405. The van der Waals surface area contributed by atoms with Crippen molar-refractivity contribution >= 4 is 21.8 Å². The highest BCUT2D eigenvalue weighted by Gasteiger charge is 2.31. The van der Waals surface area contributed by atoms with E-state index in [1.54, 1.807) is 24.3 Å². The number of benzene rings is 2. The van der Waals surface area contributed by atoms with E-state index in [4.69, 9.17) is 0 Å². The molecule has 2 aromatic rings. The zero-order chi connectivity index (χ0) is 19.6. The van der Waals surface area contributed by atoms with E-state index in [-0.39, 0.29) is 29.8 Å². The minimum absolute atomic E-state index is 0.0805. The Hall–Kier alpha value is -2.67. The molecule has 146 valence electrons. The molecule has 7 heteroatoms. The van der Waals surface area contributed by atoms with E-state index < -0.39 is 10.0 Å². The van der Waals surface area contributed by atoms with Crippen LogP contribution in [0, 0.1) is 0 Å². The van der Waals surface area contributed by atoms with Crippen LogP contribution in [0.15, 0.2) is 64.5 Å². The molecule has 0 aliphatic carbocycles. The van der Waals surface area contributed by atoms with Crippen molar-refractivity contribution in [3.8, 4) is 0 Å². The van der Waals surface area contributed by atoms with Crippen LogP contribution in [0.25, 0.3) is 0 Å². The van der Waals surface area contributed by atoms with Crippen molar-refractivity contribution in [1.82, 2.24) is 9.62 Å². The number of hydrogen-bond donors (Lipinski definition) is 1. The van der Waals surface area contributed by atoms with Crippen molar-refractivity contribution in [1.29, 1.82) is 0 Å². The largest absolute Gasteiger partial charge is 0.339 e. The van der Waals surface area contributed by atoms with E-state index in [2.05, 4.69) is 21.8 Å². The molecule has 2 aliphatic rings. The van der Waals surface area contributed by atoms with Crippen molar-refractivity contribution < 1.29 is 13.2 Å².